The maximum Gasteiger partial charge on any atom is 0.252 e. The summed E-state index contributed by atoms with van der Waals surface area (Å²) in [7, 11) is 1.73. The summed E-state index contributed by atoms with van der Waals surface area (Å²) in [5.41, 5.74) is 3.84. The van der Waals surface area contributed by atoms with Gasteiger partial charge in [0.2, 0.25) is 0 Å². The van der Waals surface area contributed by atoms with E-state index in [1.165, 1.54) is 6.20 Å². The van der Waals surface area contributed by atoms with Crippen molar-refractivity contribution in [3.8, 4) is 6.07 Å². The molecule has 0 aliphatic carbocycles. The standard InChI is InChI=1S/C21H18ClN7O/c1-12(16-6-8-25-28-16)26-18-10-20(30)29(2)19-4-3-13(9-14(18)19)27-17-5-7-24-21(22)15(17)11-23/h3-10,12,26H,1-2H3,(H,24,27)(H,25,28). The summed E-state index contributed by atoms with van der Waals surface area (Å²) in [5, 5.41) is 23.9. The molecule has 150 valence electrons. The number of aryl methyl sites for hydroxylation is 1. The third-order valence-electron chi connectivity index (χ3n) is 4.90. The normalized spacial score (nSPS) is 11.8. The fourth-order valence-electron chi connectivity index (χ4n) is 3.28. The number of anilines is 3. The van der Waals surface area contributed by atoms with E-state index in [-0.39, 0.29) is 22.3 Å². The summed E-state index contributed by atoms with van der Waals surface area (Å²) >= 11 is 6.03. The Morgan fingerprint density at radius 3 is 2.77 bits per heavy atom. The van der Waals surface area contributed by atoms with E-state index in [4.69, 9.17) is 11.6 Å². The molecule has 1 aromatic carbocycles. The number of halogens is 1. The lowest BCUT2D eigenvalue weighted by atomic mass is 10.1. The Kier molecular flexibility index (Phi) is 5.12. The summed E-state index contributed by atoms with van der Waals surface area (Å²) in [6, 6.07) is 12.8. The van der Waals surface area contributed by atoms with Crippen LogP contribution in [0.25, 0.3) is 10.9 Å². The van der Waals surface area contributed by atoms with Crippen molar-refractivity contribution in [2.24, 2.45) is 7.05 Å². The third-order valence-corrected chi connectivity index (χ3v) is 5.19. The molecule has 0 aliphatic rings. The number of nitriles is 1. The molecular formula is C21H18ClN7O. The van der Waals surface area contributed by atoms with Crippen LogP contribution in [-0.4, -0.2) is 19.7 Å². The highest BCUT2D eigenvalue weighted by atomic mass is 35.5. The van der Waals surface area contributed by atoms with Crippen LogP contribution in [-0.2, 0) is 7.05 Å². The van der Waals surface area contributed by atoms with Gasteiger partial charge in [-0.2, -0.15) is 10.4 Å². The number of hydrogen-bond donors (Lipinski definition) is 3. The van der Waals surface area contributed by atoms with Crippen LogP contribution in [0.4, 0.5) is 17.1 Å². The quantitative estimate of drug-likeness (QED) is 0.420. The van der Waals surface area contributed by atoms with Crippen LogP contribution in [0.2, 0.25) is 5.15 Å². The smallest absolute Gasteiger partial charge is 0.252 e. The van der Waals surface area contributed by atoms with Crippen LogP contribution in [0, 0.1) is 11.3 Å². The van der Waals surface area contributed by atoms with Gasteiger partial charge in [0.1, 0.15) is 16.8 Å². The van der Waals surface area contributed by atoms with Crippen LogP contribution < -0.4 is 16.2 Å². The molecule has 0 fully saturated rings. The van der Waals surface area contributed by atoms with Crippen LogP contribution in [0.1, 0.15) is 24.2 Å². The molecule has 3 heterocycles. The van der Waals surface area contributed by atoms with E-state index in [0.29, 0.717) is 11.4 Å². The monoisotopic (exact) mass is 419 g/mol. The third kappa shape index (κ3) is 3.58. The highest BCUT2D eigenvalue weighted by Gasteiger charge is 2.13. The highest BCUT2D eigenvalue weighted by Crippen LogP contribution is 2.30. The minimum atomic E-state index is -0.116. The molecule has 4 rings (SSSR count). The molecule has 0 aliphatic heterocycles. The molecule has 1 atom stereocenters. The van der Waals surface area contributed by atoms with Crippen molar-refractivity contribution in [3.05, 3.63) is 75.6 Å². The zero-order valence-electron chi connectivity index (χ0n) is 16.3. The van der Waals surface area contributed by atoms with Crippen molar-refractivity contribution in [1.29, 1.82) is 5.26 Å². The highest BCUT2D eigenvalue weighted by molar-refractivity contribution is 6.31. The zero-order valence-corrected chi connectivity index (χ0v) is 17.0. The van der Waals surface area contributed by atoms with E-state index in [0.717, 1.165) is 22.3 Å². The maximum absolute atomic E-state index is 12.4. The van der Waals surface area contributed by atoms with Gasteiger partial charge in [-0.3, -0.25) is 9.89 Å². The largest absolute Gasteiger partial charge is 0.376 e. The topological polar surface area (TPSA) is 111 Å². The number of benzene rings is 1. The van der Waals surface area contributed by atoms with Crippen molar-refractivity contribution in [3.63, 3.8) is 0 Å². The summed E-state index contributed by atoms with van der Waals surface area (Å²) in [6.45, 7) is 1.98. The molecule has 3 N–H and O–H groups in total. The summed E-state index contributed by atoms with van der Waals surface area (Å²) in [5.74, 6) is 0. The Morgan fingerprint density at radius 2 is 2.03 bits per heavy atom. The van der Waals surface area contributed by atoms with Crippen molar-refractivity contribution < 1.29 is 0 Å². The van der Waals surface area contributed by atoms with E-state index in [1.54, 1.807) is 29.9 Å². The summed E-state index contributed by atoms with van der Waals surface area (Å²) < 4.78 is 1.59. The van der Waals surface area contributed by atoms with E-state index >= 15 is 0 Å². The first-order chi connectivity index (χ1) is 14.5. The lowest BCUT2D eigenvalue weighted by Crippen LogP contribution is -2.18. The predicted octanol–water partition coefficient (Wildman–Crippen LogP) is 4.10. The second-order valence-corrected chi connectivity index (χ2v) is 7.18. The van der Waals surface area contributed by atoms with Crippen LogP contribution >= 0.6 is 11.6 Å². The van der Waals surface area contributed by atoms with E-state index in [1.807, 2.05) is 31.2 Å². The molecule has 8 nitrogen and oxygen atoms in total. The molecular weight excluding hydrogens is 402 g/mol. The average Bonchev–Trinajstić information content (AvgIpc) is 3.27. The molecule has 1 unspecified atom stereocenters. The fraction of sp³-hybridized carbons (Fsp3) is 0.143. The molecule has 0 bridgehead atoms. The Hall–Kier alpha value is -3.83. The molecule has 0 amide bonds. The number of aromatic nitrogens is 4. The number of hydrogen-bond acceptors (Lipinski definition) is 6. The second-order valence-electron chi connectivity index (χ2n) is 6.83. The molecule has 0 spiro atoms. The van der Waals surface area contributed by atoms with Gasteiger partial charge < -0.3 is 15.2 Å². The first-order valence-electron chi connectivity index (χ1n) is 9.19. The van der Waals surface area contributed by atoms with Crippen molar-refractivity contribution in [2.45, 2.75) is 13.0 Å². The van der Waals surface area contributed by atoms with Gasteiger partial charge in [-0.1, -0.05) is 11.6 Å². The summed E-state index contributed by atoms with van der Waals surface area (Å²) in [4.78, 5) is 16.4. The molecule has 0 radical (unpaired) electrons. The number of fused-ring (bicyclic) bond motifs is 1. The number of rotatable bonds is 5. The van der Waals surface area contributed by atoms with E-state index < -0.39 is 0 Å². The molecule has 3 aromatic heterocycles. The van der Waals surface area contributed by atoms with Gasteiger partial charge in [-0.15, -0.1) is 0 Å². The number of pyridine rings is 2. The van der Waals surface area contributed by atoms with Crippen LogP contribution in [0.3, 0.4) is 0 Å². The minimum absolute atomic E-state index is 0.0800. The van der Waals surface area contributed by atoms with Gasteiger partial charge in [0.25, 0.3) is 5.56 Å². The molecule has 30 heavy (non-hydrogen) atoms. The average molecular weight is 420 g/mol. The predicted molar refractivity (Wildman–Crippen MR) is 117 cm³/mol. The first-order valence-corrected chi connectivity index (χ1v) is 9.57. The number of H-pyrrole nitrogens is 1. The van der Waals surface area contributed by atoms with Crippen LogP contribution in [0.15, 0.2) is 53.6 Å². The van der Waals surface area contributed by atoms with Gasteiger partial charge in [0, 0.05) is 42.3 Å². The molecule has 4 aromatic rings. The molecule has 0 saturated carbocycles. The van der Waals surface area contributed by atoms with E-state index in [2.05, 4.69) is 31.9 Å². The summed E-state index contributed by atoms with van der Waals surface area (Å²) in [6.07, 6.45) is 3.22. The number of aromatic amines is 1. The molecule has 0 saturated heterocycles. The maximum atomic E-state index is 12.4. The van der Waals surface area contributed by atoms with Gasteiger partial charge >= 0.3 is 0 Å². The SMILES string of the molecule is CC(Nc1cc(=O)n(C)c2ccc(Nc3ccnc(Cl)c3C#N)cc12)c1ccn[nH]1. The van der Waals surface area contributed by atoms with Gasteiger partial charge in [0.05, 0.1) is 22.9 Å². The number of nitrogens with one attached hydrogen (secondary N) is 3. The van der Waals surface area contributed by atoms with Gasteiger partial charge in [0.15, 0.2) is 0 Å². The first kappa shape index (κ1) is 19.5. The van der Waals surface area contributed by atoms with Crippen molar-refractivity contribution in [2.75, 3.05) is 10.6 Å². The van der Waals surface area contributed by atoms with Gasteiger partial charge in [-0.05, 0) is 37.3 Å². The lowest BCUT2D eigenvalue weighted by molar-refractivity contribution is 0.824. The van der Waals surface area contributed by atoms with Gasteiger partial charge in [-0.25, -0.2) is 4.98 Å². The minimum Gasteiger partial charge on any atom is -0.376 e. The second kappa shape index (κ2) is 7.89. The Labute approximate surface area is 177 Å². The fourth-order valence-corrected chi connectivity index (χ4v) is 3.48. The number of nitrogens with zero attached hydrogens (tertiary/aromatic N) is 4. The Morgan fingerprint density at radius 1 is 1.20 bits per heavy atom. The van der Waals surface area contributed by atoms with Crippen molar-refractivity contribution >= 4 is 39.6 Å². The van der Waals surface area contributed by atoms with E-state index in [9.17, 15) is 10.1 Å². The Bertz CT molecular complexity index is 1320. The van der Waals surface area contributed by atoms with Crippen molar-refractivity contribution in [1.82, 2.24) is 19.7 Å². The Balaban J connectivity index is 1.78. The molecule has 9 heteroatoms. The zero-order chi connectivity index (χ0) is 21.3. The lowest BCUT2D eigenvalue weighted by Gasteiger charge is -2.18. The van der Waals surface area contributed by atoms with Crippen LogP contribution in [0.5, 0.6) is 0 Å².